The van der Waals surface area contributed by atoms with Crippen LogP contribution in [0.4, 0.5) is 5.69 Å². The Bertz CT molecular complexity index is 463. The van der Waals surface area contributed by atoms with Crippen molar-refractivity contribution in [2.75, 3.05) is 11.4 Å². The number of carboxylic acids is 1. The molecule has 3 nitrogen and oxygen atoms in total. The van der Waals surface area contributed by atoms with Crippen molar-refractivity contribution in [3.05, 3.63) is 41.4 Å². The van der Waals surface area contributed by atoms with Crippen LogP contribution < -0.4 is 4.90 Å². The predicted octanol–water partition coefficient (Wildman–Crippen LogP) is 3.83. The zero-order valence-corrected chi connectivity index (χ0v) is 11.7. The number of halogens is 1. The van der Waals surface area contributed by atoms with Crippen LogP contribution in [0.1, 0.15) is 31.1 Å². The Balaban J connectivity index is 3.44. The lowest BCUT2D eigenvalue weighted by Crippen LogP contribution is -2.42. The second-order valence-electron chi connectivity index (χ2n) is 5.01. The molecule has 4 heteroatoms. The van der Waals surface area contributed by atoms with E-state index in [4.69, 9.17) is 11.6 Å². The molecule has 0 unspecified atom stereocenters. The number of hydrogen-bond acceptors (Lipinski definition) is 2. The van der Waals surface area contributed by atoms with Crippen LogP contribution in [-0.2, 0) is 0 Å². The first-order chi connectivity index (χ1) is 8.29. The number of rotatable bonds is 4. The molecule has 1 N–H and O–H groups in total. The number of carbonyl (C=O) groups is 1. The van der Waals surface area contributed by atoms with Crippen LogP contribution in [0.5, 0.6) is 0 Å². The van der Waals surface area contributed by atoms with Gasteiger partial charge in [-0.05, 0) is 32.9 Å². The van der Waals surface area contributed by atoms with Gasteiger partial charge in [-0.15, -0.1) is 6.58 Å². The summed E-state index contributed by atoms with van der Waals surface area (Å²) in [5.41, 5.74) is 0.502. The largest absolute Gasteiger partial charge is 0.478 e. The van der Waals surface area contributed by atoms with Crippen molar-refractivity contribution in [2.24, 2.45) is 0 Å². The highest BCUT2D eigenvalue weighted by molar-refractivity contribution is 6.34. The minimum atomic E-state index is -0.981. The molecule has 1 aromatic carbocycles. The normalized spacial score (nSPS) is 11.1. The lowest BCUT2D eigenvalue weighted by atomic mass is 10.0. The van der Waals surface area contributed by atoms with E-state index in [0.717, 1.165) is 0 Å². The van der Waals surface area contributed by atoms with Crippen LogP contribution in [0.25, 0.3) is 0 Å². The topological polar surface area (TPSA) is 40.5 Å². The molecular weight excluding hydrogens is 250 g/mol. The van der Waals surface area contributed by atoms with Crippen molar-refractivity contribution in [1.29, 1.82) is 0 Å². The van der Waals surface area contributed by atoms with Crippen LogP contribution in [0.3, 0.4) is 0 Å². The zero-order chi connectivity index (χ0) is 13.9. The van der Waals surface area contributed by atoms with Crippen molar-refractivity contribution in [2.45, 2.75) is 26.3 Å². The molecule has 0 saturated carbocycles. The van der Waals surface area contributed by atoms with E-state index in [2.05, 4.69) is 6.58 Å². The first kappa shape index (κ1) is 14.6. The molecule has 0 aromatic heterocycles. The lowest BCUT2D eigenvalue weighted by Gasteiger charge is -2.38. The van der Waals surface area contributed by atoms with E-state index in [9.17, 15) is 9.90 Å². The Labute approximate surface area is 113 Å². The van der Waals surface area contributed by atoms with Gasteiger partial charge < -0.3 is 10.0 Å². The Hall–Kier alpha value is -1.48. The molecule has 0 radical (unpaired) electrons. The van der Waals surface area contributed by atoms with E-state index in [0.29, 0.717) is 17.3 Å². The number of para-hydroxylation sites is 1. The van der Waals surface area contributed by atoms with Crippen molar-refractivity contribution in [3.63, 3.8) is 0 Å². The molecule has 0 heterocycles. The van der Waals surface area contributed by atoms with E-state index >= 15 is 0 Å². The van der Waals surface area contributed by atoms with Gasteiger partial charge >= 0.3 is 5.97 Å². The summed E-state index contributed by atoms with van der Waals surface area (Å²) in [6, 6.07) is 4.90. The minimum absolute atomic E-state index is 0.208. The Kier molecular flexibility index (Phi) is 4.41. The SMILES string of the molecule is C=CCN(c1c(Cl)cccc1C(=O)O)C(C)(C)C. The lowest BCUT2D eigenvalue weighted by molar-refractivity contribution is 0.0697. The molecule has 0 saturated heterocycles. The summed E-state index contributed by atoms with van der Waals surface area (Å²) in [6.45, 7) is 10.3. The van der Waals surface area contributed by atoms with E-state index in [1.165, 1.54) is 0 Å². The number of aromatic carboxylic acids is 1. The van der Waals surface area contributed by atoms with Gasteiger partial charge in [0.1, 0.15) is 0 Å². The van der Waals surface area contributed by atoms with Crippen molar-refractivity contribution < 1.29 is 9.90 Å². The summed E-state index contributed by atoms with van der Waals surface area (Å²) in [7, 11) is 0. The molecule has 0 aliphatic heterocycles. The van der Waals surface area contributed by atoms with Gasteiger partial charge in [-0.25, -0.2) is 4.79 Å². The van der Waals surface area contributed by atoms with Gasteiger partial charge in [-0.2, -0.15) is 0 Å². The van der Waals surface area contributed by atoms with Crippen molar-refractivity contribution >= 4 is 23.3 Å². The number of hydrogen-bond donors (Lipinski definition) is 1. The average Bonchev–Trinajstić information content (AvgIpc) is 2.24. The molecule has 98 valence electrons. The van der Waals surface area contributed by atoms with Gasteiger partial charge in [-0.1, -0.05) is 23.7 Å². The van der Waals surface area contributed by atoms with Gasteiger partial charge in [0.05, 0.1) is 16.3 Å². The van der Waals surface area contributed by atoms with Gasteiger partial charge in [0, 0.05) is 12.1 Å². The summed E-state index contributed by atoms with van der Waals surface area (Å²) in [5.74, 6) is -0.981. The van der Waals surface area contributed by atoms with Gasteiger partial charge in [0.25, 0.3) is 0 Å². The van der Waals surface area contributed by atoms with Crippen LogP contribution in [0.15, 0.2) is 30.9 Å². The monoisotopic (exact) mass is 267 g/mol. The Morgan fingerprint density at radius 1 is 1.50 bits per heavy atom. The molecular formula is C14H18ClNO2. The highest BCUT2D eigenvalue weighted by Crippen LogP contribution is 2.34. The summed E-state index contributed by atoms with van der Waals surface area (Å²) in [4.78, 5) is 13.2. The van der Waals surface area contributed by atoms with Gasteiger partial charge in [-0.3, -0.25) is 0 Å². The second kappa shape index (κ2) is 5.44. The molecule has 0 spiro atoms. The number of anilines is 1. The number of nitrogens with zero attached hydrogens (tertiary/aromatic N) is 1. The van der Waals surface area contributed by atoms with Crippen LogP contribution in [0, 0.1) is 0 Å². The van der Waals surface area contributed by atoms with Gasteiger partial charge in [0.15, 0.2) is 0 Å². The van der Waals surface area contributed by atoms with Crippen LogP contribution in [-0.4, -0.2) is 23.2 Å². The predicted molar refractivity (Wildman–Crippen MR) is 75.7 cm³/mol. The minimum Gasteiger partial charge on any atom is -0.478 e. The highest BCUT2D eigenvalue weighted by Gasteiger charge is 2.26. The molecule has 1 aromatic rings. The van der Waals surface area contributed by atoms with Crippen molar-refractivity contribution in [3.8, 4) is 0 Å². The molecule has 0 amide bonds. The first-order valence-electron chi connectivity index (χ1n) is 5.69. The fourth-order valence-corrected chi connectivity index (χ4v) is 2.07. The second-order valence-corrected chi connectivity index (χ2v) is 5.42. The maximum Gasteiger partial charge on any atom is 0.337 e. The smallest absolute Gasteiger partial charge is 0.337 e. The standard InChI is InChI=1S/C14H18ClNO2/c1-5-9-16(14(2,3)4)12-10(13(17)18)7-6-8-11(12)15/h5-8H,1,9H2,2-4H3,(H,17,18). The number of benzene rings is 1. The number of carboxylic acid groups (broad SMARTS) is 1. The third-order valence-corrected chi connectivity index (χ3v) is 2.91. The van der Waals surface area contributed by atoms with E-state index in [1.54, 1.807) is 24.3 Å². The van der Waals surface area contributed by atoms with Crippen LogP contribution >= 0.6 is 11.6 Å². The molecule has 0 fully saturated rings. The van der Waals surface area contributed by atoms with Crippen LogP contribution in [0.2, 0.25) is 5.02 Å². The summed E-state index contributed by atoms with van der Waals surface area (Å²) >= 11 is 6.17. The summed E-state index contributed by atoms with van der Waals surface area (Å²) in [6.07, 6.45) is 1.74. The summed E-state index contributed by atoms with van der Waals surface area (Å²) < 4.78 is 0. The maximum absolute atomic E-state index is 11.3. The molecule has 1 rings (SSSR count). The average molecular weight is 268 g/mol. The quantitative estimate of drug-likeness (QED) is 0.843. The molecule has 0 aliphatic rings. The Morgan fingerprint density at radius 3 is 2.56 bits per heavy atom. The fourth-order valence-electron chi connectivity index (χ4n) is 1.79. The maximum atomic E-state index is 11.3. The summed E-state index contributed by atoms with van der Waals surface area (Å²) in [5, 5.41) is 9.70. The molecule has 0 bridgehead atoms. The van der Waals surface area contributed by atoms with Crippen molar-refractivity contribution in [1.82, 2.24) is 0 Å². The third kappa shape index (κ3) is 3.05. The third-order valence-electron chi connectivity index (χ3n) is 2.61. The molecule has 0 aliphatic carbocycles. The molecule has 0 atom stereocenters. The Morgan fingerprint density at radius 2 is 2.11 bits per heavy atom. The highest BCUT2D eigenvalue weighted by atomic mass is 35.5. The first-order valence-corrected chi connectivity index (χ1v) is 6.07. The zero-order valence-electron chi connectivity index (χ0n) is 10.9. The van der Waals surface area contributed by atoms with E-state index in [1.807, 2.05) is 25.7 Å². The van der Waals surface area contributed by atoms with E-state index < -0.39 is 5.97 Å². The van der Waals surface area contributed by atoms with E-state index in [-0.39, 0.29) is 11.1 Å². The fraction of sp³-hybridized carbons (Fsp3) is 0.357. The van der Waals surface area contributed by atoms with Gasteiger partial charge in [0.2, 0.25) is 0 Å². The molecule has 18 heavy (non-hydrogen) atoms.